The SMILES string of the molecule is C#C.CC(C)C.CC1=CC(CN(C)c2nc(NCC(=O)NCc3ccc(Cl)cc3)cc(-n3cccc3)n2)=CCC1. The summed E-state index contributed by atoms with van der Waals surface area (Å²) in [4.78, 5) is 23.9. The fourth-order valence-corrected chi connectivity index (χ4v) is 3.85. The summed E-state index contributed by atoms with van der Waals surface area (Å²) in [6, 6.07) is 13.1. The molecule has 0 spiro atoms. The smallest absolute Gasteiger partial charge is 0.239 e. The zero-order valence-electron chi connectivity index (χ0n) is 24.2. The van der Waals surface area contributed by atoms with Gasteiger partial charge in [0.05, 0.1) is 6.54 Å². The molecule has 0 atom stereocenters. The monoisotopic (exact) mass is 560 g/mol. The van der Waals surface area contributed by atoms with Crippen LogP contribution < -0.4 is 15.5 Å². The van der Waals surface area contributed by atoms with Crippen LogP contribution in [0.2, 0.25) is 5.02 Å². The summed E-state index contributed by atoms with van der Waals surface area (Å²) in [5.74, 6) is 2.62. The average molecular weight is 561 g/mol. The first-order valence-corrected chi connectivity index (χ1v) is 13.8. The van der Waals surface area contributed by atoms with E-state index in [-0.39, 0.29) is 12.5 Å². The lowest BCUT2D eigenvalue weighted by molar-refractivity contribution is -0.119. The van der Waals surface area contributed by atoms with Crippen LogP contribution >= 0.6 is 11.6 Å². The zero-order chi connectivity index (χ0) is 29.5. The van der Waals surface area contributed by atoms with Crippen LogP contribution in [0.5, 0.6) is 0 Å². The molecule has 1 aromatic carbocycles. The standard InChI is InChI=1S/C26H29ClN6O.C4H10.C2H2/c1-19-6-5-7-21(14-19)18-32(2)26-30-23(15-24(31-26)33-12-3-4-13-33)28-17-25(34)29-16-20-8-10-22(27)11-9-20;1-4(2)3;1-2/h3-4,7-15H,5-6,16-18H2,1-2H3,(H,29,34)(H,28,30,31);4H,1-3H3;1-2H. The molecule has 1 amide bonds. The molecule has 2 aromatic heterocycles. The lowest BCUT2D eigenvalue weighted by Gasteiger charge is -2.21. The number of allylic oxidation sites excluding steroid dienone is 2. The number of nitrogens with one attached hydrogen (secondary N) is 2. The van der Waals surface area contributed by atoms with Crippen molar-refractivity contribution in [2.75, 3.05) is 30.4 Å². The first-order chi connectivity index (χ1) is 19.2. The first kappa shape index (κ1) is 32.2. The van der Waals surface area contributed by atoms with Gasteiger partial charge >= 0.3 is 0 Å². The highest BCUT2D eigenvalue weighted by Gasteiger charge is 2.13. The summed E-state index contributed by atoms with van der Waals surface area (Å²) in [6.45, 7) is 9.92. The molecule has 0 aliphatic heterocycles. The molecular formula is C32H41ClN6O. The van der Waals surface area contributed by atoms with E-state index in [1.807, 2.05) is 71.4 Å². The number of aromatic nitrogens is 3. The normalized spacial score (nSPS) is 12.1. The molecule has 40 heavy (non-hydrogen) atoms. The fourth-order valence-electron chi connectivity index (χ4n) is 3.73. The van der Waals surface area contributed by atoms with Crippen molar-refractivity contribution >= 4 is 29.3 Å². The van der Waals surface area contributed by atoms with Gasteiger partial charge in [-0.25, -0.2) is 0 Å². The van der Waals surface area contributed by atoms with E-state index in [4.69, 9.17) is 16.6 Å². The van der Waals surface area contributed by atoms with Gasteiger partial charge in [0, 0.05) is 43.6 Å². The Balaban J connectivity index is 0.000000858. The number of hydrogen-bond acceptors (Lipinski definition) is 5. The molecule has 0 saturated carbocycles. The zero-order valence-corrected chi connectivity index (χ0v) is 24.9. The molecule has 0 radical (unpaired) electrons. The summed E-state index contributed by atoms with van der Waals surface area (Å²) >= 11 is 5.92. The topological polar surface area (TPSA) is 75.1 Å². The number of halogens is 1. The number of amides is 1. The lowest BCUT2D eigenvalue weighted by Crippen LogP contribution is -2.30. The number of terminal acetylenes is 1. The number of benzene rings is 1. The number of anilines is 2. The van der Waals surface area contributed by atoms with Crippen molar-refractivity contribution in [1.82, 2.24) is 19.9 Å². The second-order valence-corrected chi connectivity index (χ2v) is 10.6. The van der Waals surface area contributed by atoms with Gasteiger partial charge in [-0.1, -0.05) is 62.2 Å². The molecule has 3 aromatic rings. The van der Waals surface area contributed by atoms with Crippen molar-refractivity contribution in [1.29, 1.82) is 0 Å². The van der Waals surface area contributed by atoms with E-state index in [0.717, 1.165) is 30.1 Å². The minimum atomic E-state index is -0.126. The molecule has 1 aliphatic carbocycles. The summed E-state index contributed by atoms with van der Waals surface area (Å²) < 4.78 is 1.93. The third-order valence-corrected chi connectivity index (χ3v) is 5.79. The molecule has 2 heterocycles. The average Bonchev–Trinajstić information content (AvgIpc) is 3.48. The molecule has 212 valence electrons. The molecular weight excluding hydrogens is 520 g/mol. The van der Waals surface area contributed by atoms with Gasteiger partial charge < -0.3 is 20.1 Å². The molecule has 8 heteroatoms. The number of likely N-dealkylation sites (N-methyl/N-ethyl adjacent to an activating group) is 1. The Bertz CT molecular complexity index is 1270. The first-order valence-electron chi connectivity index (χ1n) is 13.4. The van der Waals surface area contributed by atoms with Crippen molar-refractivity contribution < 1.29 is 4.79 Å². The Labute approximate surface area is 244 Å². The summed E-state index contributed by atoms with van der Waals surface area (Å²) in [6.07, 6.45) is 18.5. The highest BCUT2D eigenvalue weighted by molar-refractivity contribution is 6.30. The third-order valence-electron chi connectivity index (χ3n) is 5.54. The number of hydrogen-bond donors (Lipinski definition) is 2. The third kappa shape index (κ3) is 11.4. The molecule has 0 saturated heterocycles. The molecule has 7 nitrogen and oxygen atoms in total. The highest BCUT2D eigenvalue weighted by atomic mass is 35.5. The summed E-state index contributed by atoms with van der Waals surface area (Å²) in [7, 11) is 1.98. The Morgan fingerprint density at radius 3 is 2.40 bits per heavy atom. The van der Waals surface area contributed by atoms with Gasteiger partial charge in [0.25, 0.3) is 0 Å². The van der Waals surface area contributed by atoms with Crippen LogP contribution in [0.3, 0.4) is 0 Å². The van der Waals surface area contributed by atoms with Gasteiger partial charge in [-0.2, -0.15) is 9.97 Å². The number of carbonyl (C=O) groups is 1. The fraction of sp³-hybridized carbons (Fsp3) is 0.344. The maximum Gasteiger partial charge on any atom is 0.239 e. The Morgan fingerprint density at radius 1 is 1.12 bits per heavy atom. The molecule has 1 aliphatic rings. The van der Waals surface area contributed by atoms with Crippen molar-refractivity contribution in [2.24, 2.45) is 5.92 Å². The van der Waals surface area contributed by atoms with Crippen LogP contribution in [-0.2, 0) is 11.3 Å². The van der Waals surface area contributed by atoms with E-state index in [2.05, 4.69) is 68.3 Å². The minimum absolute atomic E-state index is 0.103. The van der Waals surface area contributed by atoms with Gasteiger partial charge in [-0.05, 0) is 61.1 Å². The minimum Gasteiger partial charge on any atom is -0.361 e. The van der Waals surface area contributed by atoms with E-state index in [0.29, 0.717) is 29.9 Å². The largest absolute Gasteiger partial charge is 0.361 e. The highest BCUT2D eigenvalue weighted by Crippen LogP contribution is 2.21. The van der Waals surface area contributed by atoms with Crippen LogP contribution in [0.15, 0.2) is 78.2 Å². The number of rotatable bonds is 9. The number of carbonyl (C=O) groups excluding carboxylic acids is 1. The van der Waals surface area contributed by atoms with Crippen molar-refractivity contribution in [3.63, 3.8) is 0 Å². The van der Waals surface area contributed by atoms with Crippen LogP contribution in [0.4, 0.5) is 11.8 Å². The van der Waals surface area contributed by atoms with Crippen LogP contribution in [0, 0.1) is 18.8 Å². The van der Waals surface area contributed by atoms with Gasteiger partial charge in [0.15, 0.2) is 0 Å². The van der Waals surface area contributed by atoms with E-state index < -0.39 is 0 Å². The molecule has 4 rings (SSSR count). The predicted molar refractivity (Wildman–Crippen MR) is 168 cm³/mol. The van der Waals surface area contributed by atoms with E-state index in [1.165, 1.54) is 11.1 Å². The quantitative estimate of drug-likeness (QED) is 0.286. The van der Waals surface area contributed by atoms with Gasteiger partial charge in [-0.3, -0.25) is 4.79 Å². The van der Waals surface area contributed by atoms with Crippen LogP contribution in [0.25, 0.3) is 5.82 Å². The van der Waals surface area contributed by atoms with Crippen molar-refractivity contribution in [3.8, 4) is 18.7 Å². The maximum atomic E-state index is 12.4. The lowest BCUT2D eigenvalue weighted by atomic mass is 10.0. The Kier molecular flexibility index (Phi) is 13.5. The number of nitrogens with zero attached hydrogens (tertiary/aromatic N) is 4. The molecule has 0 bridgehead atoms. The Hall–Kier alpha value is -4.02. The van der Waals surface area contributed by atoms with E-state index in [9.17, 15) is 4.79 Å². The van der Waals surface area contributed by atoms with E-state index in [1.54, 1.807) is 0 Å². The second kappa shape index (κ2) is 16.8. The van der Waals surface area contributed by atoms with Crippen LogP contribution in [0.1, 0.15) is 46.1 Å². The van der Waals surface area contributed by atoms with Crippen molar-refractivity contribution in [3.05, 3.63) is 88.7 Å². The van der Waals surface area contributed by atoms with Gasteiger partial charge in [0.1, 0.15) is 11.6 Å². The van der Waals surface area contributed by atoms with Crippen molar-refractivity contribution in [2.45, 2.75) is 47.1 Å². The summed E-state index contributed by atoms with van der Waals surface area (Å²) in [5.41, 5.74) is 3.64. The molecule has 0 unspecified atom stereocenters. The second-order valence-electron chi connectivity index (χ2n) is 10.2. The van der Waals surface area contributed by atoms with E-state index >= 15 is 0 Å². The Morgan fingerprint density at radius 2 is 1.77 bits per heavy atom. The predicted octanol–water partition coefficient (Wildman–Crippen LogP) is 6.66. The van der Waals surface area contributed by atoms with Gasteiger partial charge in [-0.15, -0.1) is 12.8 Å². The molecule has 2 N–H and O–H groups in total. The summed E-state index contributed by atoms with van der Waals surface area (Å²) in [5, 5.41) is 6.73. The van der Waals surface area contributed by atoms with Gasteiger partial charge in [0.2, 0.25) is 11.9 Å². The van der Waals surface area contributed by atoms with Crippen LogP contribution in [-0.4, -0.2) is 40.6 Å². The molecule has 0 fully saturated rings. The maximum absolute atomic E-state index is 12.4.